The van der Waals surface area contributed by atoms with E-state index in [0.29, 0.717) is 0 Å². The number of hydrogen-bond acceptors (Lipinski definition) is 1. The quantitative estimate of drug-likeness (QED) is 0.743. The molecule has 0 spiro atoms. The molecule has 3 nitrogen and oxygen atoms in total. The lowest BCUT2D eigenvalue weighted by Gasteiger charge is -2.17. The molecule has 0 aliphatic rings. The van der Waals surface area contributed by atoms with Crippen LogP contribution in [-0.4, -0.2) is 10.5 Å². The Bertz CT molecular complexity index is 876. The van der Waals surface area contributed by atoms with Crippen molar-refractivity contribution in [2.75, 3.05) is 5.32 Å². The van der Waals surface area contributed by atoms with Crippen molar-refractivity contribution in [3.8, 4) is 0 Å². The minimum atomic E-state index is -0.268. The van der Waals surface area contributed by atoms with Gasteiger partial charge in [-0.3, -0.25) is 4.79 Å². The van der Waals surface area contributed by atoms with E-state index in [2.05, 4.69) is 49.5 Å². The van der Waals surface area contributed by atoms with Crippen LogP contribution in [0.15, 0.2) is 48.7 Å². The Morgan fingerprint density at radius 3 is 2.65 bits per heavy atom. The summed E-state index contributed by atoms with van der Waals surface area (Å²) in [6.07, 6.45) is 1.98. The lowest BCUT2D eigenvalue weighted by Crippen LogP contribution is -2.23. The normalized spacial score (nSPS) is 12.3. The van der Waals surface area contributed by atoms with E-state index >= 15 is 0 Å². The number of nitrogens with one attached hydrogen (secondary N) is 1. The number of anilines is 1. The largest absolute Gasteiger partial charge is 0.335 e. The van der Waals surface area contributed by atoms with Gasteiger partial charge in [-0.05, 0) is 68.5 Å². The molecule has 1 atom stereocenters. The molecule has 0 saturated carbocycles. The van der Waals surface area contributed by atoms with E-state index in [1.807, 2.05) is 36.7 Å². The molecular weight excluding hydrogens is 284 g/mol. The molecule has 0 bridgehead atoms. The summed E-state index contributed by atoms with van der Waals surface area (Å²) >= 11 is 0. The molecule has 3 aromatic rings. The fourth-order valence-electron chi connectivity index (χ4n) is 2.87. The number of benzene rings is 2. The highest BCUT2D eigenvalue weighted by Gasteiger charge is 2.17. The summed E-state index contributed by atoms with van der Waals surface area (Å²) in [5.74, 6) is -0.00299. The number of nitrogens with zero attached hydrogens (tertiary/aromatic N) is 1. The lowest BCUT2D eigenvalue weighted by molar-refractivity contribution is -0.118. The third-order valence-corrected chi connectivity index (χ3v) is 4.54. The number of carbonyl (C=O) groups excluding carboxylic acids is 1. The average Bonchev–Trinajstić information content (AvgIpc) is 2.93. The van der Waals surface area contributed by atoms with Crippen LogP contribution in [0.25, 0.3) is 10.9 Å². The van der Waals surface area contributed by atoms with Crippen LogP contribution in [0.2, 0.25) is 0 Å². The summed E-state index contributed by atoms with van der Waals surface area (Å²) in [4.78, 5) is 12.7. The number of aromatic nitrogens is 1. The summed E-state index contributed by atoms with van der Waals surface area (Å²) in [6.45, 7) is 8.09. The Labute approximate surface area is 136 Å². The molecule has 1 heterocycles. The summed E-state index contributed by atoms with van der Waals surface area (Å²) < 4.78 is 2.02. The van der Waals surface area contributed by atoms with E-state index in [9.17, 15) is 4.79 Å². The van der Waals surface area contributed by atoms with E-state index in [0.717, 1.165) is 22.2 Å². The molecule has 0 aliphatic carbocycles. The van der Waals surface area contributed by atoms with E-state index in [-0.39, 0.29) is 11.9 Å². The van der Waals surface area contributed by atoms with Gasteiger partial charge in [-0.15, -0.1) is 0 Å². The second-order valence-corrected chi connectivity index (χ2v) is 6.20. The van der Waals surface area contributed by atoms with Crippen LogP contribution in [0, 0.1) is 20.8 Å². The first kappa shape index (κ1) is 15.3. The highest BCUT2D eigenvalue weighted by atomic mass is 16.2. The fourth-order valence-corrected chi connectivity index (χ4v) is 2.87. The predicted molar refractivity (Wildman–Crippen MR) is 95.9 cm³/mol. The number of amides is 1. The molecule has 0 fully saturated rings. The molecule has 0 radical (unpaired) electrons. The maximum atomic E-state index is 12.7. The first-order chi connectivity index (χ1) is 11.0. The Kier molecular flexibility index (Phi) is 3.95. The molecule has 3 rings (SSSR count). The van der Waals surface area contributed by atoms with E-state index < -0.39 is 0 Å². The second-order valence-electron chi connectivity index (χ2n) is 6.20. The molecule has 1 amide bonds. The van der Waals surface area contributed by atoms with Crippen LogP contribution in [-0.2, 0) is 4.79 Å². The molecule has 2 aromatic carbocycles. The average molecular weight is 306 g/mol. The molecule has 0 saturated heterocycles. The molecular formula is C20H22N2O. The Balaban J connectivity index is 1.88. The Hall–Kier alpha value is -2.55. The van der Waals surface area contributed by atoms with Crippen LogP contribution in [0.4, 0.5) is 5.69 Å². The fraction of sp³-hybridized carbons (Fsp3) is 0.250. The molecule has 0 aliphatic heterocycles. The van der Waals surface area contributed by atoms with E-state index in [1.54, 1.807) is 0 Å². The van der Waals surface area contributed by atoms with Gasteiger partial charge in [-0.1, -0.05) is 23.8 Å². The minimum Gasteiger partial charge on any atom is -0.335 e. The summed E-state index contributed by atoms with van der Waals surface area (Å²) in [6, 6.07) is 14.1. The number of carbonyl (C=O) groups is 1. The molecule has 3 heteroatoms. The van der Waals surface area contributed by atoms with Crippen molar-refractivity contribution in [3.05, 3.63) is 65.4 Å². The number of hydrogen-bond donors (Lipinski definition) is 1. The van der Waals surface area contributed by atoms with Gasteiger partial charge in [0.25, 0.3) is 0 Å². The van der Waals surface area contributed by atoms with Crippen LogP contribution in [0.1, 0.15) is 29.7 Å². The van der Waals surface area contributed by atoms with Crippen molar-refractivity contribution < 1.29 is 4.79 Å². The Morgan fingerprint density at radius 2 is 1.87 bits per heavy atom. The van der Waals surface area contributed by atoms with Gasteiger partial charge in [0.15, 0.2) is 0 Å². The first-order valence-corrected chi connectivity index (χ1v) is 7.91. The SMILES string of the molecule is Cc1ccc2c(ccn2C(C)C(=O)Nc2cccc(C)c2C)c1. The van der Waals surface area contributed by atoms with Gasteiger partial charge in [-0.25, -0.2) is 0 Å². The first-order valence-electron chi connectivity index (χ1n) is 7.91. The van der Waals surface area contributed by atoms with Crippen molar-refractivity contribution in [1.29, 1.82) is 0 Å². The lowest BCUT2D eigenvalue weighted by atomic mass is 10.1. The third-order valence-electron chi connectivity index (χ3n) is 4.54. The van der Waals surface area contributed by atoms with Crippen LogP contribution in [0.5, 0.6) is 0 Å². The Morgan fingerprint density at radius 1 is 1.09 bits per heavy atom. The van der Waals surface area contributed by atoms with Crippen molar-refractivity contribution in [2.24, 2.45) is 0 Å². The van der Waals surface area contributed by atoms with E-state index in [1.165, 1.54) is 11.1 Å². The highest BCUT2D eigenvalue weighted by Crippen LogP contribution is 2.24. The smallest absolute Gasteiger partial charge is 0.247 e. The second kappa shape index (κ2) is 5.92. The monoisotopic (exact) mass is 306 g/mol. The van der Waals surface area contributed by atoms with Crippen LogP contribution in [0.3, 0.4) is 0 Å². The molecule has 1 N–H and O–H groups in total. The zero-order valence-electron chi connectivity index (χ0n) is 14.1. The highest BCUT2D eigenvalue weighted by molar-refractivity contribution is 5.95. The van der Waals surface area contributed by atoms with Gasteiger partial charge < -0.3 is 9.88 Å². The van der Waals surface area contributed by atoms with Gasteiger partial charge in [0, 0.05) is 17.4 Å². The maximum absolute atomic E-state index is 12.7. The van der Waals surface area contributed by atoms with Crippen molar-refractivity contribution in [1.82, 2.24) is 4.57 Å². The van der Waals surface area contributed by atoms with Gasteiger partial charge in [0.05, 0.1) is 0 Å². The number of fused-ring (bicyclic) bond motifs is 1. The molecule has 23 heavy (non-hydrogen) atoms. The van der Waals surface area contributed by atoms with Crippen molar-refractivity contribution in [2.45, 2.75) is 33.7 Å². The predicted octanol–water partition coefficient (Wildman–Crippen LogP) is 4.77. The minimum absolute atomic E-state index is 0.00299. The van der Waals surface area contributed by atoms with Crippen molar-refractivity contribution >= 4 is 22.5 Å². The van der Waals surface area contributed by atoms with Crippen LogP contribution >= 0.6 is 0 Å². The zero-order valence-corrected chi connectivity index (χ0v) is 14.1. The number of rotatable bonds is 3. The van der Waals surface area contributed by atoms with E-state index in [4.69, 9.17) is 0 Å². The number of aryl methyl sites for hydroxylation is 2. The van der Waals surface area contributed by atoms with Crippen LogP contribution < -0.4 is 5.32 Å². The molecule has 1 aromatic heterocycles. The molecule has 118 valence electrons. The van der Waals surface area contributed by atoms with Gasteiger partial charge in [0.2, 0.25) is 5.91 Å². The maximum Gasteiger partial charge on any atom is 0.247 e. The summed E-state index contributed by atoms with van der Waals surface area (Å²) in [5, 5.41) is 4.22. The van der Waals surface area contributed by atoms with Gasteiger partial charge in [0.1, 0.15) is 6.04 Å². The topological polar surface area (TPSA) is 34.0 Å². The molecule has 1 unspecified atom stereocenters. The summed E-state index contributed by atoms with van der Waals surface area (Å²) in [5.41, 5.74) is 5.48. The summed E-state index contributed by atoms with van der Waals surface area (Å²) in [7, 11) is 0. The standard InChI is InChI=1S/C20H22N2O/c1-13-8-9-19-17(12-13)10-11-22(19)16(4)20(23)21-18-7-5-6-14(2)15(18)3/h5-12,16H,1-4H3,(H,21,23). The van der Waals surface area contributed by atoms with Gasteiger partial charge in [-0.2, -0.15) is 0 Å². The van der Waals surface area contributed by atoms with Gasteiger partial charge >= 0.3 is 0 Å². The zero-order chi connectivity index (χ0) is 16.6. The third kappa shape index (κ3) is 2.87. The van der Waals surface area contributed by atoms with Crippen molar-refractivity contribution in [3.63, 3.8) is 0 Å².